The van der Waals surface area contributed by atoms with Gasteiger partial charge in [0.1, 0.15) is 22.3 Å². The summed E-state index contributed by atoms with van der Waals surface area (Å²) < 4.78 is 31.3. The Morgan fingerprint density at radius 2 is 1.92 bits per heavy atom. The van der Waals surface area contributed by atoms with Crippen molar-refractivity contribution in [3.05, 3.63) is 63.5 Å². The Bertz CT molecular complexity index is 1020. The van der Waals surface area contributed by atoms with Crippen LogP contribution in [0, 0.1) is 11.3 Å². The first-order valence-corrected chi connectivity index (χ1v) is 10.0. The number of rotatable bonds is 3. The van der Waals surface area contributed by atoms with Crippen molar-refractivity contribution in [2.45, 2.75) is 37.2 Å². The number of hydrogen-bond donors (Lipinski definition) is 0. The molecule has 0 bridgehead atoms. The zero-order valence-electron chi connectivity index (χ0n) is 14.5. The van der Waals surface area contributed by atoms with Gasteiger partial charge in [-0.3, -0.25) is 0 Å². The van der Waals surface area contributed by atoms with E-state index in [1.807, 2.05) is 26.0 Å². The second-order valence-electron chi connectivity index (χ2n) is 6.81. The Hall–Kier alpha value is -2.29. The van der Waals surface area contributed by atoms with Gasteiger partial charge in [0, 0.05) is 5.02 Å². The molecular weight excluding hydrogens is 370 g/mol. The fraction of sp³-hybridized carbons (Fsp3) is 0.250. The van der Waals surface area contributed by atoms with Gasteiger partial charge in [0.05, 0.1) is 4.90 Å². The minimum absolute atomic E-state index is 0.0396. The fourth-order valence-electron chi connectivity index (χ4n) is 2.83. The van der Waals surface area contributed by atoms with E-state index in [9.17, 15) is 13.7 Å². The van der Waals surface area contributed by atoms with Crippen LogP contribution >= 0.6 is 11.6 Å². The molecule has 0 radical (unpaired) electrons. The molecule has 2 aromatic carbocycles. The fourth-order valence-corrected chi connectivity index (χ4v) is 4.12. The summed E-state index contributed by atoms with van der Waals surface area (Å²) in [6, 6.07) is 13.0. The van der Waals surface area contributed by atoms with E-state index in [1.54, 1.807) is 12.1 Å². The quantitative estimate of drug-likeness (QED) is 0.710. The molecule has 0 aliphatic carbocycles. The Kier molecular flexibility index (Phi) is 4.83. The van der Waals surface area contributed by atoms with Crippen molar-refractivity contribution in [2.75, 3.05) is 0 Å². The lowest BCUT2D eigenvalue weighted by atomic mass is 9.93. The first kappa shape index (κ1) is 18.5. The number of fused-ring (bicyclic) bond motifs is 1. The molecule has 2 aromatic rings. The smallest absolute Gasteiger partial charge is 0.216 e. The molecule has 6 heteroatoms. The van der Waals surface area contributed by atoms with Gasteiger partial charge >= 0.3 is 0 Å². The minimum atomic E-state index is -3.90. The Balaban J connectivity index is 1.98. The van der Waals surface area contributed by atoms with Gasteiger partial charge in [0.15, 0.2) is 0 Å². The van der Waals surface area contributed by atoms with Crippen LogP contribution in [0.2, 0.25) is 5.02 Å². The maximum atomic E-state index is 12.7. The number of ether oxygens (including phenoxy) is 1. The summed E-state index contributed by atoms with van der Waals surface area (Å²) in [5.41, 5.74) is 1.46. The molecule has 26 heavy (non-hydrogen) atoms. The number of halogens is 1. The molecule has 0 spiro atoms. The summed E-state index contributed by atoms with van der Waals surface area (Å²) in [5.74, 6) is 0.803. The third-order valence-corrected chi connectivity index (χ3v) is 6.22. The first-order chi connectivity index (χ1) is 12.2. The van der Waals surface area contributed by atoms with E-state index in [0.717, 1.165) is 24.2 Å². The summed E-state index contributed by atoms with van der Waals surface area (Å²) in [6.45, 7) is 4.08. The molecule has 1 aliphatic heterocycles. The third kappa shape index (κ3) is 3.77. The molecule has 0 N–H and O–H groups in total. The molecule has 0 atom stereocenters. The molecule has 4 nitrogen and oxygen atoms in total. The molecule has 0 fully saturated rings. The molecular formula is C20H18ClNO3S. The number of sulfone groups is 1. The highest BCUT2D eigenvalue weighted by atomic mass is 35.5. The Labute approximate surface area is 158 Å². The van der Waals surface area contributed by atoms with Crippen molar-refractivity contribution in [3.63, 3.8) is 0 Å². The van der Waals surface area contributed by atoms with Gasteiger partial charge in [-0.15, -0.1) is 0 Å². The van der Waals surface area contributed by atoms with Crippen LogP contribution in [0.1, 0.15) is 31.4 Å². The van der Waals surface area contributed by atoms with Crippen LogP contribution in [0.15, 0.2) is 52.3 Å². The van der Waals surface area contributed by atoms with Crippen LogP contribution < -0.4 is 4.74 Å². The molecule has 0 saturated carbocycles. The van der Waals surface area contributed by atoms with Crippen LogP contribution in [0.25, 0.3) is 6.08 Å². The van der Waals surface area contributed by atoms with Gasteiger partial charge in [0.2, 0.25) is 9.84 Å². The number of benzene rings is 2. The second kappa shape index (κ2) is 6.79. The number of hydrogen-bond acceptors (Lipinski definition) is 4. The van der Waals surface area contributed by atoms with Gasteiger partial charge < -0.3 is 4.74 Å². The zero-order valence-corrected chi connectivity index (χ0v) is 16.1. The Morgan fingerprint density at radius 1 is 1.23 bits per heavy atom. The normalized spacial score (nSPS) is 16.3. The summed E-state index contributed by atoms with van der Waals surface area (Å²) >= 11 is 5.81. The minimum Gasteiger partial charge on any atom is -0.488 e. The maximum Gasteiger partial charge on any atom is 0.216 e. The molecule has 1 heterocycles. The van der Waals surface area contributed by atoms with Gasteiger partial charge in [-0.2, -0.15) is 5.26 Å². The van der Waals surface area contributed by atoms with Gasteiger partial charge in [-0.25, -0.2) is 8.42 Å². The van der Waals surface area contributed by atoms with Crippen molar-refractivity contribution in [1.29, 1.82) is 5.26 Å². The number of allylic oxidation sites excluding steroid dienone is 1. The largest absolute Gasteiger partial charge is 0.488 e. The van der Waals surface area contributed by atoms with E-state index in [2.05, 4.69) is 0 Å². The molecule has 0 saturated heterocycles. The van der Waals surface area contributed by atoms with Crippen molar-refractivity contribution in [3.8, 4) is 11.8 Å². The highest BCUT2D eigenvalue weighted by molar-refractivity contribution is 7.95. The SMILES string of the molecule is CC1(C)CCc2cc(/C=C(\C#N)S(=O)(=O)c3ccc(Cl)cc3)ccc2O1. The predicted octanol–water partition coefficient (Wildman–Crippen LogP) is 4.78. The highest BCUT2D eigenvalue weighted by Crippen LogP contribution is 2.34. The van der Waals surface area contributed by atoms with E-state index in [1.165, 1.54) is 30.3 Å². The lowest BCUT2D eigenvalue weighted by Crippen LogP contribution is -2.32. The van der Waals surface area contributed by atoms with E-state index >= 15 is 0 Å². The first-order valence-electron chi connectivity index (χ1n) is 8.16. The van der Waals surface area contributed by atoms with Gasteiger partial charge in [-0.05, 0) is 80.3 Å². The van der Waals surface area contributed by atoms with Crippen molar-refractivity contribution in [2.24, 2.45) is 0 Å². The van der Waals surface area contributed by atoms with Gasteiger partial charge in [-0.1, -0.05) is 17.7 Å². The van der Waals surface area contributed by atoms with E-state index in [4.69, 9.17) is 16.3 Å². The van der Waals surface area contributed by atoms with Crippen molar-refractivity contribution >= 4 is 27.5 Å². The lowest BCUT2D eigenvalue weighted by molar-refractivity contribution is 0.0847. The second-order valence-corrected chi connectivity index (χ2v) is 9.16. The number of nitriles is 1. The number of aryl methyl sites for hydroxylation is 1. The van der Waals surface area contributed by atoms with Crippen LogP contribution in [-0.4, -0.2) is 14.0 Å². The molecule has 3 rings (SSSR count). The summed E-state index contributed by atoms with van der Waals surface area (Å²) in [4.78, 5) is -0.269. The summed E-state index contributed by atoms with van der Waals surface area (Å²) in [7, 11) is -3.90. The summed E-state index contributed by atoms with van der Waals surface area (Å²) in [5, 5.41) is 9.83. The van der Waals surface area contributed by atoms with Crippen LogP contribution in [-0.2, 0) is 16.3 Å². The highest BCUT2D eigenvalue weighted by Gasteiger charge is 2.26. The van der Waals surface area contributed by atoms with Crippen molar-refractivity contribution in [1.82, 2.24) is 0 Å². The molecule has 1 aliphatic rings. The number of nitrogens with zero attached hydrogens (tertiary/aromatic N) is 1. The lowest BCUT2D eigenvalue weighted by Gasteiger charge is -2.32. The molecule has 0 amide bonds. The zero-order chi connectivity index (χ0) is 18.9. The van der Waals surface area contributed by atoms with E-state index < -0.39 is 9.84 Å². The van der Waals surface area contributed by atoms with Gasteiger partial charge in [0.25, 0.3) is 0 Å². The van der Waals surface area contributed by atoms with Crippen LogP contribution in [0.3, 0.4) is 0 Å². The third-order valence-electron chi connectivity index (χ3n) is 4.29. The predicted molar refractivity (Wildman–Crippen MR) is 102 cm³/mol. The van der Waals surface area contributed by atoms with E-state index in [0.29, 0.717) is 10.6 Å². The standard InChI is InChI=1S/C20H18ClNO3S/c1-20(2)10-9-15-11-14(3-8-19(15)25-20)12-18(13-22)26(23,24)17-6-4-16(21)5-7-17/h3-8,11-12H,9-10H2,1-2H3/b18-12+. The van der Waals surface area contributed by atoms with Crippen LogP contribution in [0.5, 0.6) is 5.75 Å². The van der Waals surface area contributed by atoms with Crippen LogP contribution in [0.4, 0.5) is 0 Å². The topological polar surface area (TPSA) is 67.2 Å². The molecule has 0 unspecified atom stereocenters. The molecule has 0 aromatic heterocycles. The Morgan fingerprint density at radius 3 is 2.58 bits per heavy atom. The van der Waals surface area contributed by atoms with Crippen molar-refractivity contribution < 1.29 is 13.2 Å². The summed E-state index contributed by atoms with van der Waals surface area (Å²) in [6.07, 6.45) is 3.11. The average Bonchev–Trinajstić information content (AvgIpc) is 2.59. The average molecular weight is 388 g/mol. The molecule has 134 valence electrons. The monoisotopic (exact) mass is 387 g/mol. The van der Waals surface area contributed by atoms with E-state index in [-0.39, 0.29) is 15.4 Å². The maximum absolute atomic E-state index is 12.7.